The first-order valence-electron chi connectivity index (χ1n) is 10.8. The van der Waals surface area contributed by atoms with Crippen LogP contribution in [0, 0.1) is 0 Å². The fourth-order valence-corrected chi connectivity index (χ4v) is 3.99. The number of aromatic nitrogens is 4. The maximum absolute atomic E-state index is 13.0. The van der Waals surface area contributed by atoms with Gasteiger partial charge >= 0.3 is 0 Å². The Morgan fingerprint density at radius 1 is 1.00 bits per heavy atom. The van der Waals surface area contributed by atoms with Gasteiger partial charge in [-0.25, -0.2) is 0 Å². The summed E-state index contributed by atoms with van der Waals surface area (Å²) in [6, 6.07) is 11.4. The Hall–Kier alpha value is -3.62. The normalized spacial score (nSPS) is 16.2. The molecule has 0 unspecified atom stereocenters. The predicted octanol–water partition coefficient (Wildman–Crippen LogP) is 2.72. The Morgan fingerprint density at radius 2 is 1.81 bits per heavy atom. The number of anilines is 1. The van der Waals surface area contributed by atoms with Crippen molar-refractivity contribution >= 4 is 11.7 Å². The van der Waals surface area contributed by atoms with Crippen LogP contribution in [0.25, 0.3) is 11.3 Å². The third-order valence-electron chi connectivity index (χ3n) is 6.05. The summed E-state index contributed by atoms with van der Waals surface area (Å²) in [5, 5.41) is 16.0. The number of ether oxygens (including phenoxy) is 2. The monoisotopic (exact) mass is 434 g/mol. The Kier molecular flexibility index (Phi) is 5.38. The van der Waals surface area contributed by atoms with Crippen molar-refractivity contribution in [3.05, 3.63) is 47.8 Å². The number of nitrogens with zero attached hydrogens (tertiary/aromatic N) is 5. The van der Waals surface area contributed by atoms with Gasteiger partial charge in [0.05, 0.1) is 25.6 Å². The SMILES string of the molecule is COc1ccc(OC)c(-c2cc(C(=O)N3CCN(c4ccc(C5CC5)nn4)CC3)[nH]n2)c1. The molecule has 9 heteroatoms. The van der Waals surface area contributed by atoms with Crippen molar-refractivity contribution in [3.8, 4) is 22.8 Å². The largest absolute Gasteiger partial charge is 0.497 e. The van der Waals surface area contributed by atoms with Gasteiger partial charge in [0.1, 0.15) is 17.2 Å². The molecule has 0 bridgehead atoms. The lowest BCUT2D eigenvalue weighted by Gasteiger charge is -2.34. The number of H-pyrrole nitrogens is 1. The van der Waals surface area contributed by atoms with Crippen LogP contribution in [-0.4, -0.2) is 71.6 Å². The topological polar surface area (TPSA) is 96.5 Å². The number of amides is 1. The molecule has 1 aromatic carbocycles. The molecule has 1 aliphatic heterocycles. The Bertz CT molecular complexity index is 1100. The molecule has 2 aliphatic rings. The van der Waals surface area contributed by atoms with E-state index in [0.717, 1.165) is 17.1 Å². The summed E-state index contributed by atoms with van der Waals surface area (Å²) < 4.78 is 10.8. The Morgan fingerprint density at radius 3 is 2.47 bits per heavy atom. The van der Waals surface area contributed by atoms with Crippen molar-refractivity contribution in [2.75, 3.05) is 45.3 Å². The van der Waals surface area contributed by atoms with Crippen molar-refractivity contribution in [2.24, 2.45) is 0 Å². The van der Waals surface area contributed by atoms with Crippen LogP contribution in [0.15, 0.2) is 36.4 Å². The van der Waals surface area contributed by atoms with E-state index in [4.69, 9.17) is 9.47 Å². The molecule has 3 heterocycles. The van der Waals surface area contributed by atoms with Crippen LogP contribution in [0.1, 0.15) is 34.9 Å². The van der Waals surface area contributed by atoms with E-state index in [2.05, 4.69) is 31.4 Å². The van der Waals surface area contributed by atoms with Gasteiger partial charge in [-0.2, -0.15) is 10.2 Å². The number of hydrogen-bond acceptors (Lipinski definition) is 7. The maximum atomic E-state index is 13.0. The predicted molar refractivity (Wildman–Crippen MR) is 119 cm³/mol. The number of carbonyl (C=O) groups is 1. The summed E-state index contributed by atoms with van der Waals surface area (Å²) in [5.41, 5.74) is 2.94. The number of carbonyl (C=O) groups excluding carboxylic acids is 1. The molecule has 0 atom stereocenters. The van der Waals surface area contributed by atoms with Gasteiger partial charge in [0.2, 0.25) is 0 Å². The second-order valence-corrected chi connectivity index (χ2v) is 8.10. The van der Waals surface area contributed by atoms with E-state index in [-0.39, 0.29) is 5.91 Å². The van der Waals surface area contributed by atoms with Gasteiger partial charge in [-0.05, 0) is 49.2 Å². The van der Waals surface area contributed by atoms with Crippen LogP contribution in [0.4, 0.5) is 5.82 Å². The molecular formula is C23H26N6O3. The lowest BCUT2D eigenvalue weighted by atomic mass is 10.1. The van der Waals surface area contributed by atoms with Crippen LogP contribution < -0.4 is 14.4 Å². The maximum Gasteiger partial charge on any atom is 0.272 e. The van der Waals surface area contributed by atoms with Crippen molar-refractivity contribution < 1.29 is 14.3 Å². The molecule has 1 saturated carbocycles. The van der Waals surface area contributed by atoms with E-state index < -0.39 is 0 Å². The number of benzene rings is 1. The van der Waals surface area contributed by atoms with E-state index in [1.165, 1.54) is 12.8 Å². The van der Waals surface area contributed by atoms with Crippen molar-refractivity contribution in [2.45, 2.75) is 18.8 Å². The summed E-state index contributed by atoms with van der Waals surface area (Å²) in [6.07, 6.45) is 2.43. The molecule has 0 radical (unpaired) electrons. The lowest BCUT2D eigenvalue weighted by Crippen LogP contribution is -2.49. The van der Waals surface area contributed by atoms with Crippen LogP contribution in [-0.2, 0) is 0 Å². The molecule has 5 rings (SSSR count). The second kappa shape index (κ2) is 8.49. The number of methoxy groups -OCH3 is 2. The third-order valence-corrected chi connectivity index (χ3v) is 6.05. The van der Waals surface area contributed by atoms with Crippen molar-refractivity contribution in [1.82, 2.24) is 25.3 Å². The summed E-state index contributed by atoms with van der Waals surface area (Å²) in [5.74, 6) is 2.76. The zero-order valence-corrected chi connectivity index (χ0v) is 18.2. The molecule has 2 fully saturated rings. The van der Waals surface area contributed by atoms with E-state index in [1.54, 1.807) is 20.3 Å². The standard InChI is InChI=1S/C23H26N6O3/c1-31-16-5-7-21(32-2)17(13-16)19-14-20(26-25-19)23(30)29-11-9-28(10-12-29)22-8-6-18(24-27-22)15-3-4-15/h5-8,13-15H,3-4,9-12H2,1-2H3,(H,25,26). The van der Waals surface area contributed by atoms with Gasteiger partial charge in [-0.15, -0.1) is 5.10 Å². The van der Waals surface area contributed by atoms with E-state index in [0.29, 0.717) is 55.0 Å². The Labute approximate surface area is 186 Å². The first-order valence-corrected chi connectivity index (χ1v) is 10.8. The average molecular weight is 435 g/mol. The van der Waals surface area contributed by atoms with Crippen molar-refractivity contribution in [1.29, 1.82) is 0 Å². The van der Waals surface area contributed by atoms with Gasteiger partial charge in [0.15, 0.2) is 5.82 Å². The highest BCUT2D eigenvalue weighted by atomic mass is 16.5. The van der Waals surface area contributed by atoms with Gasteiger partial charge < -0.3 is 19.3 Å². The van der Waals surface area contributed by atoms with E-state index >= 15 is 0 Å². The van der Waals surface area contributed by atoms with Gasteiger partial charge in [0, 0.05) is 37.7 Å². The molecule has 166 valence electrons. The van der Waals surface area contributed by atoms with Crippen LogP contribution in [0.2, 0.25) is 0 Å². The summed E-state index contributed by atoms with van der Waals surface area (Å²) in [4.78, 5) is 17.1. The zero-order valence-electron chi connectivity index (χ0n) is 18.2. The van der Waals surface area contributed by atoms with E-state index in [1.807, 2.05) is 29.2 Å². The highest BCUT2D eigenvalue weighted by Gasteiger charge is 2.27. The number of piperazine rings is 1. The fraction of sp³-hybridized carbons (Fsp3) is 0.391. The molecule has 1 saturated heterocycles. The summed E-state index contributed by atoms with van der Waals surface area (Å²) in [6.45, 7) is 2.66. The summed E-state index contributed by atoms with van der Waals surface area (Å²) in [7, 11) is 3.21. The van der Waals surface area contributed by atoms with E-state index in [9.17, 15) is 4.79 Å². The minimum Gasteiger partial charge on any atom is -0.497 e. The molecule has 1 aliphatic carbocycles. The van der Waals surface area contributed by atoms with Gasteiger partial charge in [0.25, 0.3) is 5.91 Å². The van der Waals surface area contributed by atoms with Crippen LogP contribution in [0.3, 0.4) is 0 Å². The minimum absolute atomic E-state index is 0.0690. The van der Waals surface area contributed by atoms with Crippen LogP contribution >= 0.6 is 0 Å². The van der Waals surface area contributed by atoms with Crippen LogP contribution in [0.5, 0.6) is 11.5 Å². The highest BCUT2D eigenvalue weighted by Crippen LogP contribution is 2.38. The second-order valence-electron chi connectivity index (χ2n) is 8.10. The molecule has 32 heavy (non-hydrogen) atoms. The quantitative estimate of drug-likeness (QED) is 0.637. The average Bonchev–Trinajstić information content (AvgIpc) is 3.59. The molecule has 2 aromatic heterocycles. The molecule has 0 spiro atoms. The first kappa shape index (κ1) is 20.3. The van der Waals surface area contributed by atoms with Gasteiger partial charge in [-0.1, -0.05) is 0 Å². The molecule has 1 N–H and O–H groups in total. The molecule has 3 aromatic rings. The highest BCUT2D eigenvalue weighted by molar-refractivity contribution is 5.93. The summed E-state index contributed by atoms with van der Waals surface area (Å²) >= 11 is 0. The molecule has 1 amide bonds. The Balaban J connectivity index is 1.25. The minimum atomic E-state index is -0.0690. The number of hydrogen-bond donors (Lipinski definition) is 1. The number of nitrogens with one attached hydrogen (secondary N) is 1. The molecule has 9 nitrogen and oxygen atoms in total. The van der Waals surface area contributed by atoms with Gasteiger partial charge in [-0.3, -0.25) is 9.89 Å². The molecular weight excluding hydrogens is 408 g/mol. The third kappa shape index (κ3) is 3.98. The van der Waals surface area contributed by atoms with Crippen molar-refractivity contribution in [3.63, 3.8) is 0 Å². The first-order chi connectivity index (χ1) is 15.7. The fourth-order valence-electron chi connectivity index (χ4n) is 3.99. The number of aromatic amines is 1. The zero-order chi connectivity index (χ0) is 22.1. The smallest absolute Gasteiger partial charge is 0.272 e. The lowest BCUT2D eigenvalue weighted by molar-refractivity contribution is 0.0740. The number of rotatable bonds is 6.